The number of hydrogen-bond acceptors (Lipinski definition) is 2. The number of para-hydroxylation sites is 3. The summed E-state index contributed by atoms with van der Waals surface area (Å²) in [4.78, 5) is 12.3. The second kappa shape index (κ2) is 7.00. The monoisotopic (exact) mass is 322 g/mol. The van der Waals surface area contributed by atoms with Gasteiger partial charge in [-0.1, -0.05) is 36.9 Å². The SMILES string of the molecule is C=Cn1c[n+](CC(=O)NCc2ccccc2OC)c2ccccc21. The van der Waals surface area contributed by atoms with E-state index in [1.165, 1.54) is 0 Å². The molecule has 122 valence electrons. The van der Waals surface area contributed by atoms with Gasteiger partial charge >= 0.3 is 0 Å². The number of hydrogen-bond donors (Lipinski definition) is 1. The van der Waals surface area contributed by atoms with Gasteiger partial charge in [-0.25, -0.2) is 9.13 Å². The van der Waals surface area contributed by atoms with E-state index in [0.717, 1.165) is 22.3 Å². The van der Waals surface area contributed by atoms with Crippen LogP contribution in [0.15, 0.2) is 61.4 Å². The van der Waals surface area contributed by atoms with Crippen LogP contribution in [0.5, 0.6) is 5.75 Å². The first kappa shape index (κ1) is 15.8. The summed E-state index contributed by atoms with van der Waals surface area (Å²) in [6, 6.07) is 15.6. The van der Waals surface area contributed by atoms with Gasteiger partial charge in [0.2, 0.25) is 6.33 Å². The van der Waals surface area contributed by atoms with Crippen molar-refractivity contribution in [1.82, 2.24) is 9.88 Å². The van der Waals surface area contributed by atoms with E-state index < -0.39 is 0 Å². The quantitative estimate of drug-likeness (QED) is 0.708. The predicted molar refractivity (Wildman–Crippen MR) is 93.4 cm³/mol. The first-order valence-electron chi connectivity index (χ1n) is 7.73. The minimum Gasteiger partial charge on any atom is -0.496 e. The highest BCUT2D eigenvalue weighted by Gasteiger charge is 2.16. The van der Waals surface area contributed by atoms with Crippen LogP contribution in [0.3, 0.4) is 0 Å². The fraction of sp³-hybridized carbons (Fsp3) is 0.158. The Morgan fingerprint density at radius 3 is 2.79 bits per heavy atom. The molecule has 2 aromatic carbocycles. The van der Waals surface area contributed by atoms with Gasteiger partial charge in [-0.2, -0.15) is 0 Å². The van der Waals surface area contributed by atoms with Crippen molar-refractivity contribution in [2.24, 2.45) is 0 Å². The molecule has 1 amide bonds. The number of fused-ring (bicyclic) bond motifs is 1. The molecule has 3 aromatic rings. The van der Waals surface area contributed by atoms with Crippen LogP contribution in [-0.2, 0) is 17.9 Å². The predicted octanol–water partition coefficient (Wildman–Crippen LogP) is 2.35. The first-order valence-corrected chi connectivity index (χ1v) is 7.73. The Labute approximate surface area is 140 Å². The fourth-order valence-corrected chi connectivity index (χ4v) is 2.72. The van der Waals surface area contributed by atoms with Crippen molar-refractivity contribution in [2.75, 3.05) is 7.11 Å². The molecule has 0 spiro atoms. The van der Waals surface area contributed by atoms with Gasteiger partial charge in [-0.15, -0.1) is 0 Å². The first-order chi connectivity index (χ1) is 11.7. The number of nitrogens with one attached hydrogen (secondary N) is 1. The molecule has 24 heavy (non-hydrogen) atoms. The highest BCUT2D eigenvalue weighted by Crippen LogP contribution is 2.16. The average Bonchev–Trinajstić information content (AvgIpc) is 2.98. The summed E-state index contributed by atoms with van der Waals surface area (Å²) in [6.45, 7) is 4.48. The smallest absolute Gasteiger partial charge is 0.262 e. The van der Waals surface area contributed by atoms with E-state index in [9.17, 15) is 4.79 Å². The molecule has 1 aromatic heterocycles. The van der Waals surface area contributed by atoms with Crippen molar-refractivity contribution >= 4 is 23.1 Å². The van der Waals surface area contributed by atoms with Crippen molar-refractivity contribution in [3.63, 3.8) is 0 Å². The normalized spacial score (nSPS) is 10.5. The maximum Gasteiger partial charge on any atom is 0.262 e. The summed E-state index contributed by atoms with van der Waals surface area (Å²) >= 11 is 0. The summed E-state index contributed by atoms with van der Waals surface area (Å²) in [5.74, 6) is 0.714. The molecule has 5 nitrogen and oxygen atoms in total. The maximum atomic E-state index is 12.3. The lowest BCUT2D eigenvalue weighted by Crippen LogP contribution is -2.41. The minimum atomic E-state index is -0.0575. The molecule has 0 aliphatic carbocycles. The van der Waals surface area contributed by atoms with Crippen LogP contribution in [0.25, 0.3) is 17.2 Å². The number of methoxy groups -OCH3 is 1. The molecule has 0 saturated heterocycles. The molecule has 0 atom stereocenters. The number of aromatic nitrogens is 2. The van der Waals surface area contributed by atoms with Crippen molar-refractivity contribution in [1.29, 1.82) is 0 Å². The van der Waals surface area contributed by atoms with Gasteiger partial charge in [0.05, 0.1) is 13.3 Å². The zero-order valence-corrected chi connectivity index (χ0v) is 13.6. The Kier molecular flexibility index (Phi) is 4.61. The number of amides is 1. The zero-order chi connectivity index (χ0) is 16.9. The maximum absolute atomic E-state index is 12.3. The molecule has 0 fully saturated rings. The number of carbonyl (C=O) groups excluding carboxylic acids is 1. The van der Waals surface area contributed by atoms with Crippen LogP contribution in [0, 0.1) is 0 Å². The molecule has 5 heteroatoms. The van der Waals surface area contributed by atoms with Gasteiger partial charge in [0.25, 0.3) is 5.91 Å². The molecule has 0 bridgehead atoms. The minimum absolute atomic E-state index is 0.0575. The molecule has 1 heterocycles. The summed E-state index contributed by atoms with van der Waals surface area (Å²) in [5, 5.41) is 2.94. The van der Waals surface area contributed by atoms with E-state index in [-0.39, 0.29) is 12.5 Å². The van der Waals surface area contributed by atoms with Crippen LogP contribution in [0.1, 0.15) is 5.56 Å². The van der Waals surface area contributed by atoms with E-state index >= 15 is 0 Å². The van der Waals surface area contributed by atoms with Gasteiger partial charge in [0.1, 0.15) is 5.75 Å². The van der Waals surface area contributed by atoms with Crippen LogP contribution in [-0.4, -0.2) is 17.6 Å². The Bertz CT molecular complexity index is 883. The van der Waals surface area contributed by atoms with E-state index in [1.54, 1.807) is 13.3 Å². The van der Waals surface area contributed by atoms with Crippen LogP contribution < -0.4 is 14.6 Å². The average molecular weight is 322 g/mol. The molecular weight excluding hydrogens is 302 g/mol. The zero-order valence-electron chi connectivity index (χ0n) is 13.6. The number of ether oxygens (including phenoxy) is 1. The van der Waals surface area contributed by atoms with Crippen LogP contribution >= 0.6 is 0 Å². The van der Waals surface area contributed by atoms with Gasteiger partial charge in [0, 0.05) is 12.1 Å². The standard InChI is InChI=1S/C19H19N3O2/c1-3-21-14-22(17-10-6-5-9-16(17)21)13-19(23)20-12-15-8-4-7-11-18(15)24-2/h3-11,14H,1,12-13H2,2H3/p+1. The number of nitrogens with zero attached hydrogens (tertiary/aromatic N) is 2. The van der Waals surface area contributed by atoms with E-state index in [1.807, 2.05) is 64.0 Å². The number of benzene rings is 2. The molecular formula is C19H20N3O2+. The van der Waals surface area contributed by atoms with Gasteiger partial charge in [-0.05, 0) is 18.2 Å². The highest BCUT2D eigenvalue weighted by atomic mass is 16.5. The lowest BCUT2D eigenvalue weighted by molar-refractivity contribution is -0.658. The Hall–Kier alpha value is -3.08. The van der Waals surface area contributed by atoms with Gasteiger partial charge in [-0.3, -0.25) is 4.79 Å². The highest BCUT2D eigenvalue weighted by molar-refractivity contribution is 5.77. The summed E-state index contributed by atoms with van der Waals surface area (Å²) in [7, 11) is 1.63. The number of carbonyl (C=O) groups is 1. The third-order valence-corrected chi connectivity index (χ3v) is 3.91. The van der Waals surface area contributed by atoms with Crippen LogP contribution in [0.4, 0.5) is 0 Å². The Morgan fingerprint density at radius 1 is 1.25 bits per heavy atom. The molecule has 1 N–H and O–H groups in total. The lowest BCUT2D eigenvalue weighted by Gasteiger charge is -2.08. The Balaban J connectivity index is 1.72. The topological polar surface area (TPSA) is 47.1 Å². The molecule has 0 unspecified atom stereocenters. The number of imidazole rings is 1. The largest absolute Gasteiger partial charge is 0.496 e. The third kappa shape index (κ3) is 3.15. The second-order valence-corrected chi connectivity index (χ2v) is 5.41. The molecule has 0 saturated carbocycles. The molecule has 0 radical (unpaired) electrons. The van der Waals surface area contributed by atoms with Crippen molar-refractivity contribution in [3.05, 3.63) is 67.0 Å². The summed E-state index contributed by atoms with van der Waals surface area (Å²) < 4.78 is 9.12. The van der Waals surface area contributed by atoms with Crippen molar-refractivity contribution < 1.29 is 14.1 Å². The Morgan fingerprint density at radius 2 is 2.00 bits per heavy atom. The lowest BCUT2D eigenvalue weighted by atomic mass is 10.2. The van der Waals surface area contributed by atoms with Crippen molar-refractivity contribution in [2.45, 2.75) is 13.1 Å². The van der Waals surface area contributed by atoms with E-state index in [0.29, 0.717) is 6.54 Å². The van der Waals surface area contributed by atoms with Gasteiger partial charge < -0.3 is 10.1 Å². The van der Waals surface area contributed by atoms with Crippen LogP contribution in [0.2, 0.25) is 0 Å². The summed E-state index contributed by atoms with van der Waals surface area (Å²) in [5.41, 5.74) is 2.96. The van der Waals surface area contributed by atoms with E-state index in [4.69, 9.17) is 4.74 Å². The molecule has 0 aliphatic rings. The molecule has 3 rings (SSSR count). The molecule has 0 aliphatic heterocycles. The van der Waals surface area contributed by atoms with Gasteiger partial charge in [0.15, 0.2) is 17.6 Å². The third-order valence-electron chi connectivity index (χ3n) is 3.91. The van der Waals surface area contributed by atoms with E-state index in [2.05, 4.69) is 11.9 Å². The summed E-state index contributed by atoms with van der Waals surface area (Å²) in [6.07, 6.45) is 3.60. The van der Waals surface area contributed by atoms with Crippen molar-refractivity contribution in [3.8, 4) is 5.75 Å². The second-order valence-electron chi connectivity index (χ2n) is 5.41. The number of rotatable bonds is 6. The fourth-order valence-electron chi connectivity index (χ4n) is 2.72.